The monoisotopic (exact) mass is 170 g/mol. The minimum absolute atomic E-state index is 0. The molecule has 0 amide bonds. The SMILES string of the molecule is Clc1ccccc1.[Ni+2]. The maximum Gasteiger partial charge on any atom is 2.00 e. The van der Waals surface area contributed by atoms with Crippen molar-refractivity contribution in [2.24, 2.45) is 0 Å². The molecule has 0 spiro atoms. The van der Waals surface area contributed by atoms with Gasteiger partial charge >= 0.3 is 16.5 Å². The van der Waals surface area contributed by atoms with E-state index in [-0.39, 0.29) is 16.5 Å². The van der Waals surface area contributed by atoms with Crippen LogP contribution in [0.25, 0.3) is 0 Å². The number of rotatable bonds is 0. The van der Waals surface area contributed by atoms with Crippen LogP contribution in [0.2, 0.25) is 5.02 Å². The smallest absolute Gasteiger partial charge is 0.0843 e. The van der Waals surface area contributed by atoms with E-state index < -0.39 is 0 Å². The van der Waals surface area contributed by atoms with Crippen molar-refractivity contribution < 1.29 is 16.5 Å². The van der Waals surface area contributed by atoms with Gasteiger partial charge in [0.05, 0.1) is 0 Å². The molecule has 2 heteroatoms. The molecule has 0 radical (unpaired) electrons. The summed E-state index contributed by atoms with van der Waals surface area (Å²) < 4.78 is 0. The van der Waals surface area contributed by atoms with Crippen LogP contribution in [0, 0.1) is 0 Å². The van der Waals surface area contributed by atoms with Gasteiger partial charge in [0, 0.05) is 5.02 Å². The van der Waals surface area contributed by atoms with Crippen LogP contribution < -0.4 is 0 Å². The van der Waals surface area contributed by atoms with Crippen molar-refractivity contribution in [1.82, 2.24) is 0 Å². The number of halogens is 1. The summed E-state index contributed by atoms with van der Waals surface area (Å²) in [6.45, 7) is 0. The standard InChI is InChI=1S/C6H5Cl.Ni/c7-6-4-2-1-3-5-6;/h1-5H;/q;+2. The predicted molar refractivity (Wildman–Crippen MR) is 31.5 cm³/mol. The summed E-state index contributed by atoms with van der Waals surface area (Å²) >= 11 is 5.54. The Labute approximate surface area is 63.8 Å². The third kappa shape index (κ3) is 2.35. The van der Waals surface area contributed by atoms with Gasteiger partial charge in [0.2, 0.25) is 0 Å². The number of hydrogen-bond acceptors (Lipinski definition) is 0. The minimum atomic E-state index is 0. The third-order valence-corrected chi connectivity index (χ3v) is 0.985. The Hall–Kier alpha value is 0.00351. The van der Waals surface area contributed by atoms with Crippen molar-refractivity contribution in [2.45, 2.75) is 0 Å². The molecular formula is C6H5ClNi+2. The van der Waals surface area contributed by atoms with Crippen molar-refractivity contribution >= 4 is 11.6 Å². The number of benzene rings is 1. The molecule has 0 saturated carbocycles. The van der Waals surface area contributed by atoms with Crippen molar-refractivity contribution in [2.75, 3.05) is 0 Å². The predicted octanol–water partition coefficient (Wildman–Crippen LogP) is 2.34. The molecule has 0 atom stereocenters. The molecule has 0 aliphatic rings. The zero-order chi connectivity index (χ0) is 5.11. The van der Waals surface area contributed by atoms with E-state index in [1.165, 1.54) is 0 Å². The first-order valence-electron chi connectivity index (χ1n) is 2.10. The molecule has 0 aliphatic heterocycles. The van der Waals surface area contributed by atoms with Crippen LogP contribution in [-0.4, -0.2) is 0 Å². The molecule has 0 heterocycles. The fourth-order valence-electron chi connectivity index (χ4n) is 0.415. The normalized spacial score (nSPS) is 7.62. The maximum absolute atomic E-state index is 5.54. The van der Waals surface area contributed by atoms with E-state index in [0.717, 1.165) is 5.02 Å². The van der Waals surface area contributed by atoms with Crippen molar-refractivity contribution in [1.29, 1.82) is 0 Å². The summed E-state index contributed by atoms with van der Waals surface area (Å²) in [6, 6.07) is 9.44. The van der Waals surface area contributed by atoms with Gasteiger partial charge in [-0.2, -0.15) is 0 Å². The van der Waals surface area contributed by atoms with Crippen LogP contribution in [0.15, 0.2) is 30.3 Å². The Morgan fingerprint density at radius 1 is 1.00 bits per heavy atom. The Kier molecular flexibility index (Phi) is 3.94. The second-order valence-corrected chi connectivity index (χ2v) is 1.73. The Morgan fingerprint density at radius 2 is 1.50 bits per heavy atom. The molecule has 1 aromatic rings. The molecule has 0 saturated heterocycles. The van der Waals surface area contributed by atoms with Gasteiger partial charge in [-0.05, 0) is 12.1 Å². The molecule has 1 aromatic carbocycles. The second kappa shape index (κ2) is 3.94. The van der Waals surface area contributed by atoms with E-state index in [1.807, 2.05) is 30.3 Å². The van der Waals surface area contributed by atoms with E-state index in [2.05, 4.69) is 0 Å². The quantitative estimate of drug-likeness (QED) is 0.526. The van der Waals surface area contributed by atoms with E-state index in [9.17, 15) is 0 Å². The summed E-state index contributed by atoms with van der Waals surface area (Å²) in [5, 5.41) is 0.794. The molecule has 0 bridgehead atoms. The molecule has 1 rings (SSSR count). The van der Waals surface area contributed by atoms with E-state index in [4.69, 9.17) is 11.6 Å². The maximum atomic E-state index is 5.54. The topological polar surface area (TPSA) is 0 Å². The summed E-state index contributed by atoms with van der Waals surface area (Å²) in [4.78, 5) is 0. The molecule has 0 N–H and O–H groups in total. The van der Waals surface area contributed by atoms with Gasteiger partial charge < -0.3 is 0 Å². The molecular weight excluding hydrogens is 166 g/mol. The summed E-state index contributed by atoms with van der Waals surface area (Å²) in [6.07, 6.45) is 0. The average molecular weight is 171 g/mol. The van der Waals surface area contributed by atoms with Crippen LogP contribution in [0.4, 0.5) is 0 Å². The first-order chi connectivity index (χ1) is 3.39. The Bertz CT molecular complexity index is 138. The van der Waals surface area contributed by atoms with Crippen molar-refractivity contribution in [3.63, 3.8) is 0 Å². The molecule has 0 aromatic heterocycles. The summed E-state index contributed by atoms with van der Waals surface area (Å²) in [7, 11) is 0. The van der Waals surface area contributed by atoms with Gasteiger partial charge in [0.1, 0.15) is 0 Å². The van der Waals surface area contributed by atoms with Gasteiger partial charge in [-0.1, -0.05) is 29.8 Å². The van der Waals surface area contributed by atoms with Gasteiger partial charge in [-0.3, -0.25) is 0 Å². The van der Waals surface area contributed by atoms with Crippen LogP contribution in [0.5, 0.6) is 0 Å². The van der Waals surface area contributed by atoms with Gasteiger partial charge in [-0.15, -0.1) is 0 Å². The molecule has 44 valence electrons. The first kappa shape index (κ1) is 8.00. The van der Waals surface area contributed by atoms with Crippen molar-refractivity contribution in [3.8, 4) is 0 Å². The molecule has 0 nitrogen and oxygen atoms in total. The summed E-state index contributed by atoms with van der Waals surface area (Å²) in [5.74, 6) is 0. The largest absolute Gasteiger partial charge is 2.00 e. The fraction of sp³-hybridized carbons (Fsp3) is 0. The fourth-order valence-corrected chi connectivity index (χ4v) is 0.560. The second-order valence-electron chi connectivity index (χ2n) is 1.30. The zero-order valence-corrected chi connectivity index (χ0v) is 5.82. The average Bonchev–Trinajstić information content (AvgIpc) is 1.69. The van der Waals surface area contributed by atoms with Crippen LogP contribution in [0.3, 0.4) is 0 Å². The first-order valence-corrected chi connectivity index (χ1v) is 2.48. The molecule has 0 unspecified atom stereocenters. The Balaban J connectivity index is 0.000000490. The van der Waals surface area contributed by atoms with E-state index >= 15 is 0 Å². The van der Waals surface area contributed by atoms with Gasteiger partial charge in [0.15, 0.2) is 0 Å². The van der Waals surface area contributed by atoms with E-state index in [0.29, 0.717) is 0 Å². The summed E-state index contributed by atoms with van der Waals surface area (Å²) in [5.41, 5.74) is 0. The molecule has 0 fully saturated rings. The van der Waals surface area contributed by atoms with Crippen LogP contribution in [-0.2, 0) is 16.5 Å². The molecule has 8 heavy (non-hydrogen) atoms. The van der Waals surface area contributed by atoms with Crippen LogP contribution in [0.1, 0.15) is 0 Å². The third-order valence-electron chi connectivity index (χ3n) is 0.733. The Morgan fingerprint density at radius 3 is 1.75 bits per heavy atom. The number of hydrogen-bond donors (Lipinski definition) is 0. The van der Waals surface area contributed by atoms with Crippen LogP contribution >= 0.6 is 11.6 Å². The van der Waals surface area contributed by atoms with Gasteiger partial charge in [0.25, 0.3) is 0 Å². The minimum Gasteiger partial charge on any atom is -0.0843 e. The van der Waals surface area contributed by atoms with Crippen molar-refractivity contribution in [3.05, 3.63) is 35.4 Å². The molecule has 0 aliphatic carbocycles. The van der Waals surface area contributed by atoms with Gasteiger partial charge in [-0.25, -0.2) is 0 Å². The van der Waals surface area contributed by atoms with E-state index in [1.54, 1.807) is 0 Å². The zero-order valence-electron chi connectivity index (χ0n) is 4.08.